The van der Waals surface area contributed by atoms with Crippen molar-refractivity contribution in [2.24, 2.45) is 0 Å². The number of carbonyl (C=O) groups excluding carboxylic acids is 2. The highest BCUT2D eigenvalue weighted by atomic mass is 35.5. The van der Waals surface area contributed by atoms with Crippen LogP contribution in [0.2, 0.25) is 5.02 Å². The first-order chi connectivity index (χ1) is 14.6. The van der Waals surface area contributed by atoms with Gasteiger partial charge in [-0.05, 0) is 36.8 Å². The number of aromatic nitrogens is 1. The molecule has 0 radical (unpaired) electrons. The van der Waals surface area contributed by atoms with Crippen LogP contribution in [-0.4, -0.2) is 23.1 Å². The van der Waals surface area contributed by atoms with Crippen molar-refractivity contribution in [1.29, 1.82) is 0 Å². The summed E-state index contributed by atoms with van der Waals surface area (Å²) >= 11 is 7.35. The first-order valence-electron chi connectivity index (χ1n) is 9.45. The number of fused-ring (bicyclic) bond motifs is 1. The summed E-state index contributed by atoms with van der Waals surface area (Å²) in [7, 11) is 0. The van der Waals surface area contributed by atoms with E-state index in [4.69, 9.17) is 16.3 Å². The van der Waals surface area contributed by atoms with E-state index >= 15 is 0 Å². The molecule has 4 aromatic rings. The maximum atomic E-state index is 12.8. The lowest BCUT2D eigenvalue weighted by Gasteiger charge is -2.10. The van der Waals surface area contributed by atoms with Crippen LogP contribution in [-0.2, 0) is 16.1 Å². The van der Waals surface area contributed by atoms with Crippen molar-refractivity contribution in [2.75, 3.05) is 11.9 Å². The molecule has 2 aromatic heterocycles. The molecular formula is C23H19ClN2O3S. The molecule has 0 aliphatic rings. The molecule has 0 fully saturated rings. The van der Waals surface area contributed by atoms with E-state index in [0.29, 0.717) is 15.6 Å². The molecular weight excluding hydrogens is 420 g/mol. The van der Waals surface area contributed by atoms with Crippen LogP contribution in [0.3, 0.4) is 0 Å². The Kier molecular flexibility index (Phi) is 5.88. The Morgan fingerprint density at radius 2 is 1.93 bits per heavy atom. The second kappa shape index (κ2) is 8.73. The van der Waals surface area contributed by atoms with Crippen molar-refractivity contribution < 1.29 is 14.3 Å². The monoisotopic (exact) mass is 438 g/mol. The van der Waals surface area contributed by atoms with E-state index < -0.39 is 5.97 Å². The SMILES string of the molecule is CCOC(=O)c1c(-c2ccccc2)csc1NC(=O)Cn1ccc2cc(Cl)ccc21. The summed E-state index contributed by atoms with van der Waals surface area (Å²) in [6.45, 7) is 2.13. The van der Waals surface area contributed by atoms with Crippen molar-refractivity contribution in [3.8, 4) is 11.1 Å². The highest BCUT2D eigenvalue weighted by Gasteiger charge is 2.23. The number of hydrogen-bond donors (Lipinski definition) is 1. The summed E-state index contributed by atoms with van der Waals surface area (Å²) in [6.07, 6.45) is 1.84. The summed E-state index contributed by atoms with van der Waals surface area (Å²) in [5.41, 5.74) is 2.93. The molecule has 7 heteroatoms. The number of nitrogens with zero attached hydrogens (tertiary/aromatic N) is 1. The van der Waals surface area contributed by atoms with Gasteiger partial charge in [-0.25, -0.2) is 4.79 Å². The number of hydrogen-bond acceptors (Lipinski definition) is 4. The third-order valence-electron chi connectivity index (χ3n) is 4.66. The average Bonchev–Trinajstić information content (AvgIpc) is 3.33. The van der Waals surface area contributed by atoms with E-state index in [0.717, 1.165) is 22.0 Å². The minimum atomic E-state index is -0.450. The molecule has 2 aromatic carbocycles. The first-order valence-corrected chi connectivity index (χ1v) is 10.7. The Bertz CT molecular complexity index is 1210. The molecule has 30 heavy (non-hydrogen) atoms. The maximum Gasteiger partial charge on any atom is 0.341 e. The van der Waals surface area contributed by atoms with Gasteiger partial charge in [0, 0.05) is 33.1 Å². The van der Waals surface area contributed by atoms with Crippen LogP contribution in [0.1, 0.15) is 17.3 Å². The van der Waals surface area contributed by atoms with Crippen LogP contribution < -0.4 is 5.32 Å². The smallest absolute Gasteiger partial charge is 0.341 e. The lowest BCUT2D eigenvalue weighted by molar-refractivity contribution is -0.116. The fourth-order valence-corrected chi connectivity index (χ4v) is 4.47. The Morgan fingerprint density at radius 1 is 1.13 bits per heavy atom. The highest BCUT2D eigenvalue weighted by Crippen LogP contribution is 2.36. The van der Waals surface area contributed by atoms with Crippen LogP contribution in [0.5, 0.6) is 0 Å². The minimum absolute atomic E-state index is 0.117. The molecule has 0 atom stereocenters. The van der Waals surface area contributed by atoms with Crippen molar-refractivity contribution >= 4 is 50.7 Å². The molecule has 4 rings (SSSR count). The van der Waals surface area contributed by atoms with Gasteiger partial charge in [-0.2, -0.15) is 0 Å². The number of thiophene rings is 1. The Balaban J connectivity index is 1.61. The summed E-state index contributed by atoms with van der Waals surface area (Å²) in [4.78, 5) is 25.4. The zero-order valence-electron chi connectivity index (χ0n) is 16.2. The van der Waals surface area contributed by atoms with E-state index in [1.165, 1.54) is 11.3 Å². The van der Waals surface area contributed by atoms with Gasteiger partial charge in [0.2, 0.25) is 5.91 Å². The second-order valence-corrected chi connectivity index (χ2v) is 7.95. The maximum absolute atomic E-state index is 12.8. The molecule has 1 N–H and O–H groups in total. The zero-order valence-corrected chi connectivity index (χ0v) is 17.8. The zero-order chi connectivity index (χ0) is 21.1. The van der Waals surface area contributed by atoms with Crippen LogP contribution in [0, 0.1) is 0 Å². The van der Waals surface area contributed by atoms with E-state index in [1.54, 1.807) is 13.0 Å². The first kappa shape index (κ1) is 20.2. The van der Waals surface area contributed by atoms with Gasteiger partial charge in [-0.15, -0.1) is 11.3 Å². The van der Waals surface area contributed by atoms with Gasteiger partial charge in [0.1, 0.15) is 17.1 Å². The molecule has 0 saturated carbocycles. The second-order valence-electron chi connectivity index (χ2n) is 6.63. The molecule has 0 bridgehead atoms. The Hall–Kier alpha value is -3.09. The number of ether oxygens (including phenoxy) is 1. The molecule has 0 unspecified atom stereocenters. The van der Waals surface area contributed by atoms with E-state index in [1.807, 2.05) is 64.7 Å². The predicted octanol–water partition coefficient (Wildman–Crippen LogP) is 5.84. The molecule has 0 aliphatic heterocycles. The number of benzene rings is 2. The molecule has 0 aliphatic carbocycles. The molecule has 5 nitrogen and oxygen atoms in total. The van der Waals surface area contributed by atoms with Gasteiger partial charge in [-0.1, -0.05) is 41.9 Å². The normalized spacial score (nSPS) is 10.9. The lowest BCUT2D eigenvalue weighted by atomic mass is 10.0. The lowest BCUT2D eigenvalue weighted by Crippen LogP contribution is -2.19. The average molecular weight is 439 g/mol. The number of amides is 1. The number of esters is 1. The third kappa shape index (κ3) is 4.10. The van der Waals surface area contributed by atoms with Crippen molar-refractivity contribution in [3.05, 3.63) is 76.8 Å². The fourth-order valence-electron chi connectivity index (χ4n) is 3.32. The minimum Gasteiger partial charge on any atom is -0.462 e. The largest absolute Gasteiger partial charge is 0.462 e. The summed E-state index contributed by atoms with van der Waals surface area (Å²) in [5, 5.41) is 6.85. The van der Waals surface area contributed by atoms with Crippen LogP contribution in [0.25, 0.3) is 22.0 Å². The Labute approximate surface area is 182 Å². The highest BCUT2D eigenvalue weighted by molar-refractivity contribution is 7.15. The number of nitrogens with one attached hydrogen (secondary N) is 1. The summed E-state index contributed by atoms with van der Waals surface area (Å²) < 4.78 is 7.09. The van der Waals surface area contributed by atoms with Gasteiger partial charge in [0.05, 0.1) is 6.61 Å². The van der Waals surface area contributed by atoms with Gasteiger partial charge in [-0.3, -0.25) is 4.79 Å². The van der Waals surface area contributed by atoms with Gasteiger partial charge in [0.25, 0.3) is 0 Å². The predicted molar refractivity (Wildman–Crippen MR) is 121 cm³/mol. The molecule has 0 saturated heterocycles. The van der Waals surface area contributed by atoms with Crippen molar-refractivity contribution in [2.45, 2.75) is 13.5 Å². The number of carbonyl (C=O) groups is 2. The van der Waals surface area contributed by atoms with Crippen LogP contribution in [0.15, 0.2) is 66.2 Å². The van der Waals surface area contributed by atoms with Crippen LogP contribution >= 0.6 is 22.9 Å². The van der Waals surface area contributed by atoms with Gasteiger partial charge in [0.15, 0.2) is 0 Å². The number of rotatable bonds is 6. The van der Waals surface area contributed by atoms with Gasteiger partial charge >= 0.3 is 5.97 Å². The van der Waals surface area contributed by atoms with Gasteiger partial charge < -0.3 is 14.6 Å². The molecule has 1 amide bonds. The quantitative estimate of drug-likeness (QED) is 0.385. The van der Waals surface area contributed by atoms with E-state index in [-0.39, 0.29) is 19.1 Å². The standard InChI is InChI=1S/C23H19ClN2O3S/c1-2-29-23(28)21-18(15-6-4-3-5-7-15)14-30-22(21)25-20(27)13-26-11-10-16-12-17(24)8-9-19(16)26/h3-12,14H,2,13H2,1H3,(H,25,27). The number of halogens is 1. The fraction of sp³-hybridized carbons (Fsp3) is 0.130. The molecule has 2 heterocycles. The van der Waals surface area contributed by atoms with E-state index in [2.05, 4.69) is 5.32 Å². The topological polar surface area (TPSA) is 60.3 Å². The van der Waals surface area contributed by atoms with Crippen LogP contribution in [0.4, 0.5) is 5.00 Å². The molecule has 0 spiro atoms. The van der Waals surface area contributed by atoms with Crippen molar-refractivity contribution in [3.63, 3.8) is 0 Å². The Morgan fingerprint density at radius 3 is 2.70 bits per heavy atom. The summed E-state index contributed by atoms with van der Waals surface area (Å²) in [5.74, 6) is -0.677. The molecule has 152 valence electrons. The van der Waals surface area contributed by atoms with E-state index in [9.17, 15) is 9.59 Å². The third-order valence-corrected chi connectivity index (χ3v) is 5.79. The summed E-state index contributed by atoms with van der Waals surface area (Å²) in [6, 6.07) is 17.0. The van der Waals surface area contributed by atoms with Crippen molar-refractivity contribution in [1.82, 2.24) is 4.57 Å². The number of anilines is 1.